The average molecular weight is 213 g/mol. The Morgan fingerprint density at radius 3 is 2.71 bits per heavy atom. The molecule has 0 saturated carbocycles. The third kappa shape index (κ3) is 4.20. The molecule has 0 aliphatic carbocycles. The van der Waals surface area contributed by atoms with E-state index in [-0.39, 0.29) is 6.10 Å². The van der Waals surface area contributed by atoms with E-state index in [0.29, 0.717) is 5.92 Å². The number of aliphatic hydroxyl groups is 1. The standard InChI is InChI=1S/C11H19NOS/c1-8(2)6-10(13)4-5-11-7-12-9(3)14-11/h7-8,10,13H,4-6H2,1-3H3. The molecule has 3 heteroatoms. The van der Waals surface area contributed by atoms with E-state index in [4.69, 9.17) is 0 Å². The van der Waals surface area contributed by atoms with Crippen LogP contribution in [0.25, 0.3) is 0 Å². The summed E-state index contributed by atoms with van der Waals surface area (Å²) in [6.45, 7) is 6.29. The molecule has 2 nitrogen and oxygen atoms in total. The third-order valence-corrected chi connectivity index (χ3v) is 3.11. The van der Waals surface area contributed by atoms with Crippen LogP contribution in [-0.4, -0.2) is 16.2 Å². The zero-order valence-corrected chi connectivity index (χ0v) is 9.97. The number of aliphatic hydroxyl groups excluding tert-OH is 1. The van der Waals surface area contributed by atoms with E-state index in [1.54, 1.807) is 11.3 Å². The lowest BCUT2D eigenvalue weighted by atomic mass is 10.0. The predicted octanol–water partition coefficient (Wildman–Crippen LogP) is 2.79. The monoisotopic (exact) mass is 213 g/mol. The van der Waals surface area contributed by atoms with E-state index >= 15 is 0 Å². The molecule has 1 rings (SSSR count). The van der Waals surface area contributed by atoms with Crippen molar-refractivity contribution in [2.24, 2.45) is 5.92 Å². The fraction of sp³-hybridized carbons (Fsp3) is 0.727. The van der Waals surface area contributed by atoms with Crippen molar-refractivity contribution in [1.29, 1.82) is 0 Å². The number of rotatable bonds is 5. The molecule has 1 heterocycles. The Labute approximate surface area is 90.0 Å². The molecular weight excluding hydrogens is 194 g/mol. The second kappa shape index (κ2) is 5.47. The summed E-state index contributed by atoms with van der Waals surface area (Å²) >= 11 is 1.73. The number of hydrogen-bond donors (Lipinski definition) is 1. The molecule has 0 saturated heterocycles. The maximum atomic E-state index is 9.67. The van der Waals surface area contributed by atoms with Gasteiger partial charge in [0.1, 0.15) is 0 Å². The first-order chi connectivity index (χ1) is 6.58. The van der Waals surface area contributed by atoms with Gasteiger partial charge in [0.2, 0.25) is 0 Å². The number of thiazole rings is 1. The zero-order chi connectivity index (χ0) is 10.6. The molecule has 14 heavy (non-hydrogen) atoms. The van der Waals surface area contributed by atoms with E-state index in [1.807, 2.05) is 13.1 Å². The summed E-state index contributed by atoms with van der Waals surface area (Å²) in [4.78, 5) is 5.48. The Kier molecular flexibility index (Phi) is 4.55. The van der Waals surface area contributed by atoms with Crippen molar-refractivity contribution >= 4 is 11.3 Å². The summed E-state index contributed by atoms with van der Waals surface area (Å²) in [7, 11) is 0. The summed E-state index contributed by atoms with van der Waals surface area (Å²) < 4.78 is 0. The molecule has 1 aromatic rings. The Bertz CT molecular complexity index is 270. The molecule has 0 radical (unpaired) electrons. The summed E-state index contributed by atoms with van der Waals surface area (Å²) in [5.41, 5.74) is 0. The molecule has 1 aromatic heterocycles. The van der Waals surface area contributed by atoms with Gasteiger partial charge < -0.3 is 5.11 Å². The Morgan fingerprint density at radius 2 is 2.21 bits per heavy atom. The van der Waals surface area contributed by atoms with Crippen molar-refractivity contribution in [2.75, 3.05) is 0 Å². The normalized spacial score (nSPS) is 13.5. The van der Waals surface area contributed by atoms with Crippen LogP contribution >= 0.6 is 11.3 Å². The van der Waals surface area contributed by atoms with Gasteiger partial charge in [0.25, 0.3) is 0 Å². The van der Waals surface area contributed by atoms with Crippen LogP contribution in [0.5, 0.6) is 0 Å². The van der Waals surface area contributed by atoms with Crippen LogP contribution in [0.15, 0.2) is 6.20 Å². The Balaban J connectivity index is 2.26. The third-order valence-electron chi connectivity index (χ3n) is 2.14. The van der Waals surface area contributed by atoms with Crippen LogP contribution < -0.4 is 0 Å². The first-order valence-corrected chi connectivity index (χ1v) is 5.99. The molecule has 0 aliphatic heterocycles. The van der Waals surface area contributed by atoms with Crippen molar-refractivity contribution in [2.45, 2.75) is 46.1 Å². The molecule has 0 aromatic carbocycles. The molecule has 1 N–H and O–H groups in total. The van der Waals surface area contributed by atoms with Gasteiger partial charge in [-0.25, -0.2) is 4.98 Å². The van der Waals surface area contributed by atoms with E-state index in [9.17, 15) is 5.11 Å². The minimum atomic E-state index is -0.155. The molecule has 0 amide bonds. The van der Waals surface area contributed by atoms with Gasteiger partial charge in [-0.15, -0.1) is 11.3 Å². The van der Waals surface area contributed by atoms with Crippen molar-refractivity contribution in [3.63, 3.8) is 0 Å². The second-order valence-electron chi connectivity index (χ2n) is 4.17. The van der Waals surface area contributed by atoms with Crippen LogP contribution in [0.4, 0.5) is 0 Å². The average Bonchev–Trinajstić information content (AvgIpc) is 2.47. The maximum absolute atomic E-state index is 9.67. The van der Waals surface area contributed by atoms with Gasteiger partial charge in [0.05, 0.1) is 11.1 Å². The predicted molar refractivity (Wildman–Crippen MR) is 60.6 cm³/mol. The molecule has 0 bridgehead atoms. The van der Waals surface area contributed by atoms with Crippen molar-refractivity contribution < 1.29 is 5.11 Å². The van der Waals surface area contributed by atoms with Crippen LogP contribution in [0.3, 0.4) is 0 Å². The van der Waals surface area contributed by atoms with Gasteiger partial charge in [-0.05, 0) is 32.1 Å². The van der Waals surface area contributed by atoms with Gasteiger partial charge in [-0.1, -0.05) is 13.8 Å². The first kappa shape index (κ1) is 11.7. The van der Waals surface area contributed by atoms with Crippen LogP contribution in [-0.2, 0) is 6.42 Å². The van der Waals surface area contributed by atoms with Gasteiger partial charge in [0.15, 0.2) is 0 Å². The van der Waals surface area contributed by atoms with E-state index in [2.05, 4.69) is 18.8 Å². The topological polar surface area (TPSA) is 33.1 Å². The Morgan fingerprint density at radius 1 is 1.50 bits per heavy atom. The number of hydrogen-bond acceptors (Lipinski definition) is 3. The molecular formula is C11H19NOS. The van der Waals surface area contributed by atoms with E-state index < -0.39 is 0 Å². The zero-order valence-electron chi connectivity index (χ0n) is 9.16. The maximum Gasteiger partial charge on any atom is 0.0896 e. The van der Waals surface area contributed by atoms with Gasteiger partial charge in [0, 0.05) is 11.1 Å². The van der Waals surface area contributed by atoms with E-state index in [1.165, 1.54) is 4.88 Å². The fourth-order valence-corrected chi connectivity index (χ4v) is 2.30. The highest BCUT2D eigenvalue weighted by Gasteiger charge is 2.07. The second-order valence-corrected chi connectivity index (χ2v) is 5.49. The molecule has 1 atom stereocenters. The van der Waals surface area contributed by atoms with Crippen molar-refractivity contribution in [3.8, 4) is 0 Å². The fourth-order valence-electron chi connectivity index (χ4n) is 1.49. The highest BCUT2D eigenvalue weighted by Crippen LogP contribution is 2.16. The van der Waals surface area contributed by atoms with Crippen molar-refractivity contribution in [1.82, 2.24) is 4.98 Å². The summed E-state index contributed by atoms with van der Waals surface area (Å²) in [6, 6.07) is 0. The quantitative estimate of drug-likeness (QED) is 0.816. The lowest BCUT2D eigenvalue weighted by Gasteiger charge is -2.11. The lowest BCUT2D eigenvalue weighted by molar-refractivity contribution is 0.140. The van der Waals surface area contributed by atoms with Gasteiger partial charge >= 0.3 is 0 Å². The number of nitrogens with zero attached hydrogens (tertiary/aromatic N) is 1. The Hall–Kier alpha value is -0.410. The summed E-state index contributed by atoms with van der Waals surface area (Å²) in [5.74, 6) is 0.577. The minimum absolute atomic E-state index is 0.155. The van der Waals surface area contributed by atoms with Gasteiger partial charge in [-0.2, -0.15) is 0 Å². The highest BCUT2D eigenvalue weighted by atomic mass is 32.1. The molecule has 80 valence electrons. The molecule has 0 aliphatic rings. The number of aryl methyl sites for hydroxylation is 2. The van der Waals surface area contributed by atoms with Crippen LogP contribution in [0.2, 0.25) is 0 Å². The number of aromatic nitrogens is 1. The van der Waals surface area contributed by atoms with Crippen LogP contribution in [0, 0.1) is 12.8 Å². The molecule has 0 spiro atoms. The highest BCUT2D eigenvalue weighted by molar-refractivity contribution is 7.11. The SMILES string of the molecule is Cc1ncc(CCC(O)CC(C)C)s1. The lowest BCUT2D eigenvalue weighted by Crippen LogP contribution is -2.10. The van der Waals surface area contributed by atoms with Crippen LogP contribution in [0.1, 0.15) is 36.6 Å². The van der Waals surface area contributed by atoms with Gasteiger partial charge in [-0.3, -0.25) is 0 Å². The minimum Gasteiger partial charge on any atom is -0.393 e. The molecule has 0 fully saturated rings. The van der Waals surface area contributed by atoms with Crippen molar-refractivity contribution in [3.05, 3.63) is 16.1 Å². The largest absolute Gasteiger partial charge is 0.393 e. The smallest absolute Gasteiger partial charge is 0.0896 e. The first-order valence-electron chi connectivity index (χ1n) is 5.17. The summed E-state index contributed by atoms with van der Waals surface area (Å²) in [5, 5.41) is 10.8. The van der Waals surface area contributed by atoms with E-state index in [0.717, 1.165) is 24.3 Å². The molecule has 1 unspecified atom stereocenters. The summed E-state index contributed by atoms with van der Waals surface area (Å²) in [6.07, 6.45) is 4.48.